The summed E-state index contributed by atoms with van der Waals surface area (Å²) in [6.45, 7) is 5.73. The van der Waals surface area contributed by atoms with Crippen LogP contribution in [0.3, 0.4) is 0 Å². The molecule has 222 valence electrons. The molecule has 0 aromatic carbocycles. The summed E-state index contributed by atoms with van der Waals surface area (Å²) >= 11 is 0. The van der Waals surface area contributed by atoms with Crippen LogP contribution in [-0.4, -0.2) is 59.8 Å². The molecule has 0 radical (unpaired) electrons. The van der Waals surface area contributed by atoms with Gasteiger partial charge in [-0.1, -0.05) is 31.8 Å². The van der Waals surface area contributed by atoms with E-state index in [-0.39, 0.29) is 47.9 Å². The highest BCUT2D eigenvalue weighted by molar-refractivity contribution is 5.85. The Bertz CT molecular complexity index is 1060. The lowest BCUT2D eigenvalue weighted by molar-refractivity contribution is -0.244. The normalized spacial score (nSPS) is 42.0. The summed E-state index contributed by atoms with van der Waals surface area (Å²) in [5.74, 6) is 0.334. The van der Waals surface area contributed by atoms with Crippen molar-refractivity contribution in [3.05, 3.63) is 22.1 Å². The van der Waals surface area contributed by atoms with Gasteiger partial charge in [-0.15, -0.1) is 0 Å². The van der Waals surface area contributed by atoms with E-state index in [1.54, 1.807) is 6.08 Å². The SMILES string of the molecule is C[C@]12CC[C@H](OC(=O)NCCCCCCN=[N+]=[N-])C[C@H]1CC[C@@H]1[C@@H]2C[C@@H](O)[C@]2(C)[C@@H](C3=CC(=O)OC3)CC[C@]12O. The number of unbranched alkanes of at least 4 members (excludes halogenated alkanes) is 3. The van der Waals surface area contributed by atoms with Crippen molar-refractivity contribution >= 4 is 12.1 Å². The average Bonchev–Trinajstić information content (AvgIpc) is 3.47. The monoisotopic (exact) mass is 558 g/mol. The van der Waals surface area contributed by atoms with Crippen molar-refractivity contribution in [3.8, 4) is 0 Å². The number of hydrogen-bond acceptors (Lipinski definition) is 7. The summed E-state index contributed by atoms with van der Waals surface area (Å²) in [6.07, 6.45) is 10.6. The van der Waals surface area contributed by atoms with E-state index >= 15 is 0 Å². The molecule has 3 N–H and O–H groups in total. The van der Waals surface area contributed by atoms with Crippen LogP contribution in [0.4, 0.5) is 4.79 Å². The van der Waals surface area contributed by atoms with Gasteiger partial charge in [0, 0.05) is 29.5 Å². The minimum atomic E-state index is -0.976. The Hall–Kier alpha value is -2.29. The lowest BCUT2D eigenvalue weighted by Gasteiger charge is -2.65. The number of rotatable bonds is 9. The fourth-order valence-corrected chi connectivity index (χ4v) is 9.55. The summed E-state index contributed by atoms with van der Waals surface area (Å²) in [7, 11) is 0. The molecule has 4 fully saturated rings. The topological polar surface area (TPSA) is 154 Å². The molecule has 10 nitrogen and oxygen atoms in total. The molecule has 4 aliphatic carbocycles. The molecule has 1 amide bonds. The van der Waals surface area contributed by atoms with Gasteiger partial charge in [-0.3, -0.25) is 0 Å². The third-order valence-electron chi connectivity index (χ3n) is 11.8. The second-order valence-electron chi connectivity index (χ2n) is 13.5. The maximum atomic E-state index is 12.5. The van der Waals surface area contributed by atoms with Gasteiger partial charge in [-0.25, -0.2) is 9.59 Å². The third-order valence-corrected chi connectivity index (χ3v) is 11.8. The highest BCUT2D eigenvalue weighted by atomic mass is 16.6. The number of carbonyl (C=O) groups is 2. The lowest BCUT2D eigenvalue weighted by Crippen LogP contribution is -2.67. The van der Waals surface area contributed by atoms with Gasteiger partial charge in [0.2, 0.25) is 0 Å². The molecule has 1 aliphatic heterocycles. The van der Waals surface area contributed by atoms with Crippen LogP contribution < -0.4 is 5.32 Å². The number of alkyl carbamates (subject to hydrolysis) is 1. The van der Waals surface area contributed by atoms with Crippen LogP contribution in [0.2, 0.25) is 0 Å². The molecule has 1 heterocycles. The molecule has 10 heteroatoms. The summed E-state index contributed by atoms with van der Waals surface area (Å²) in [5, 5.41) is 30.5. The van der Waals surface area contributed by atoms with Gasteiger partial charge in [0.1, 0.15) is 12.7 Å². The number of esters is 1. The number of cyclic esters (lactones) is 1. The van der Waals surface area contributed by atoms with E-state index in [1.165, 1.54) is 0 Å². The number of hydrogen-bond donors (Lipinski definition) is 3. The van der Waals surface area contributed by atoms with Crippen molar-refractivity contribution in [1.82, 2.24) is 5.32 Å². The Balaban J connectivity index is 1.17. The van der Waals surface area contributed by atoms with Gasteiger partial charge in [0.05, 0.1) is 11.7 Å². The van der Waals surface area contributed by atoms with Gasteiger partial charge in [0.25, 0.3) is 0 Å². The van der Waals surface area contributed by atoms with Gasteiger partial charge in [-0.2, -0.15) is 0 Å². The number of nitrogens with one attached hydrogen (secondary N) is 1. The van der Waals surface area contributed by atoms with Crippen LogP contribution in [-0.2, 0) is 14.3 Å². The highest BCUT2D eigenvalue weighted by Gasteiger charge is 2.70. The number of nitrogens with zero attached hydrogens (tertiary/aromatic N) is 3. The smallest absolute Gasteiger partial charge is 0.407 e. The van der Waals surface area contributed by atoms with Crippen molar-refractivity contribution in [3.63, 3.8) is 0 Å². The molecule has 5 aliphatic rings. The Kier molecular flexibility index (Phi) is 8.42. The number of amides is 1. The molecule has 0 aromatic heterocycles. The van der Waals surface area contributed by atoms with E-state index in [0.717, 1.165) is 69.8 Å². The Morgan fingerprint density at radius 2 is 1.95 bits per heavy atom. The zero-order valence-electron chi connectivity index (χ0n) is 24.0. The molecule has 40 heavy (non-hydrogen) atoms. The number of aliphatic hydroxyl groups is 2. The van der Waals surface area contributed by atoms with E-state index < -0.39 is 17.1 Å². The maximum Gasteiger partial charge on any atom is 0.407 e. The molecule has 0 bridgehead atoms. The Labute approximate surface area is 236 Å². The van der Waals surface area contributed by atoms with Crippen LogP contribution in [0, 0.1) is 34.5 Å². The first kappa shape index (κ1) is 29.2. The zero-order chi connectivity index (χ0) is 28.5. The van der Waals surface area contributed by atoms with E-state index in [0.29, 0.717) is 31.8 Å². The Morgan fingerprint density at radius 1 is 1.15 bits per heavy atom. The predicted molar refractivity (Wildman–Crippen MR) is 148 cm³/mol. The van der Waals surface area contributed by atoms with E-state index in [2.05, 4.69) is 22.3 Å². The molecule has 5 rings (SSSR count). The third kappa shape index (κ3) is 5.01. The van der Waals surface area contributed by atoms with E-state index in [9.17, 15) is 19.8 Å². The van der Waals surface area contributed by atoms with Crippen LogP contribution in [0.25, 0.3) is 10.4 Å². The number of fused-ring (bicyclic) bond motifs is 5. The predicted octanol–water partition coefficient (Wildman–Crippen LogP) is 5.18. The largest absolute Gasteiger partial charge is 0.458 e. The summed E-state index contributed by atoms with van der Waals surface area (Å²) in [6, 6.07) is 0. The summed E-state index contributed by atoms with van der Waals surface area (Å²) < 4.78 is 11.0. The van der Waals surface area contributed by atoms with Crippen LogP contribution in [0.5, 0.6) is 0 Å². The van der Waals surface area contributed by atoms with E-state index in [1.807, 2.05) is 6.92 Å². The molecule has 4 saturated carbocycles. The van der Waals surface area contributed by atoms with Crippen LogP contribution in [0.1, 0.15) is 90.9 Å². The van der Waals surface area contributed by atoms with Crippen molar-refractivity contribution in [1.29, 1.82) is 0 Å². The van der Waals surface area contributed by atoms with Crippen molar-refractivity contribution in [2.45, 2.75) is 109 Å². The fourth-order valence-electron chi connectivity index (χ4n) is 9.55. The van der Waals surface area contributed by atoms with Crippen molar-refractivity contribution in [2.75, 3.05) is 19.7 Å². The minimum absolute atomic E-state index is 0.0172. The standard InChI is InChI=1S/C30H46N4O6/c1-28-11-9-21(40-27(37)32-13-5-3-4-6-14-33-34-31)16-20(28)7-8-23-24(28)17-25(35)29(2)22(10-12-30(23,29)38)19-15-26(36)39-18-19/h15,20-25,35,38H,3-14,16-18H2,1-2H3,(H,32,37)/t20-,21+,22-,23-,24+,25-,28+,29+,30+/m1/s1. The number of carbonyl (C=O) groups excluding carboxylic acids is 2. The van der Waals surface area contributed by atoms with Crippen molar-refractivity contribution in [2.24, 2.45) is 39.6 Å². The first-order valence-electron chi connectivity index (χ1n) is 15.4. The molecule has 0 aromatic rings. The molecule has 0 saturated heterocycles. The maximum absolute atomic E-state index is 12.5. The number of ether oxygens (including phenoxy) is 2. The second-order valence-corrected chi connectivity index (χ2v) is 13.5. The van der Waals surface area contributed by atoms with Gasteiger partial charge in [-0.05, 0) is 104 Å². The number of aliphatic hydroxyl groups excluding tert-OH is 1. The lowest BCUT2D eigenvalue weighted by atomic mass is 9.42. The molecule has 0 unspecified atom stereocenters. The minimum Gasteiger partial charge on any atom is -0.458 e. The molecule has 0 spiro atoms. The second kappa shape index (κ2) is 11.5. The first-order valence-corrected chi connectivity index (χ1v) is 15.4. The summed E-state index contributed by atoms with van der Waals surface area (Å²) in [4.78, 5) is 27.0. The summed E-state index contributed by atoms with van der Waals surface area (Å²) in [5.41, 5.74) is 7.54. The van der Waals surface area contributed by atoms with Crippen LogP contribution in [0.15, 0.2) is 16.8 Å². The Morgan fingerprint density at radius 3 is 2.70 bits per heavy atom. The quantitative estimate of drug-likeness (QED) is 0.116. The van der Waals surface area contributed by atoms with Gasteiger partial charge < -0.3 is 25.0 Å². The number of azide groups is 1. The average molecular weight is 559 g/mol. The fraction of sp³-hybridized carbons (Fsp3) is 0.867. The first-order chi connectivity index (χ1) is 19.1. The zero-order valence-corrected chi connectivity index (χ0v) is 24.0. The molecule has 9 atom stereocenters. The molecular weight excluding hydrogens is 512 g/mol. The van der Waals surface area contributed by atoms with Gasteiger partial charge >= 0.3 is 12.1 Å². The molecular formula is C30H46N4O6. The van der Waals surface area contributed by atoms with Crippen molar-refractivity contribution < 1.29 is 29.3 Å². The van der Waals surface area contributed by atoms with E-state index in [4.69, 9.17) is 15.0 Å². The van der Waals surface area contributed by atoms with Crippen LogP contribution >= 0.6 is 0 Å². The highest BCUT2D eigenvalue weighted by Crippen LogP contribution is 2.70. The van der Waals surface area contributed by atoms with Gasteiger partial charge in [0.15, 0.2) is 0 Å².